The van der Waals surface area contributed by atoms with Crippen LogP contribution in [0.5, 0.6) is 0 Å². The number of nitrogens with one attached hydrogen (secondary N) is 2. The lowest BCUT2D eigenvalue weighted by atomic mass is 10.1. The Hall–Kier alpha value is -2.08. The Balaban J connectivity index is 1.95. The predicted octanol–water partition coefficient (Wildman–Crippen LogP) is 3.52. The fourth-order valence-corrected chi connectivity index (χ4v) is 2.35. The second kappa shape index (κ2) is 9.27. The predicted molar refractivity (Wildman–Crippen MR) is 95.4 cm³/mol. The third kappa shape index (κ3) is 5.53. The van der Waals surface area contributed by atoms with Crippen molar-refractivity contribution < 1.29 is 14.6 Å². The maximum absolute atomic E-state index is 12.0. The SMILES string of the molecule is Cc1ccc([C@H](CNC(=O)Nc2ccccc2Cl)OCCO)cc1. The maximum Gasteiger partial charge on any atom is 0.319 e. The molecule has 0 fully saturated rings. The van der Waals surface area contributed by atoms with E-state index in [1.54, 1.807) is 24.3 Å². The Labute approximate surface area is 146 Å². The van der Waals surface area contributed by atoms with Crippen molar-refractivity contribution in [3.05, 3.63) is 64.7 Å². The highest BCUT2D eigenvalue weighted by Gasteiger charge is 2.14. The van der Waals surface area contributed by atoms with Gasteiger partial charge in [0.25, 0.3) is 0 Å². The molecular weight excluding hydrogens is 328 g/mol. The van der Waals surface area contributed by atoms with Crippen LogP contribution >= 0.6 is 11.6 Å². The molecule has 0 heterocycles. The van der Waals surface area contributed by atoms with Crippen molar-refractivity contribution in [2.45, 2.75) is 13.0 Å². The van der Waals surface area contributed by atoms with Gasteiger partial charge in [0.1, 0.15) is 0 Å². The summed E-state index contributed by atoms with van der Waals surface area (Å²) in [6.45, 7) is 2.41. The van der Waals surface area contributed by atoms with Gasteiger partial charge in [0, 0.05) is 6.54 Å². The minimum atomic E-state index is -0.368. The third-order valence-electron chi connectivity index (χ3n) is 3.43. The summed E-state index contributed by atoms with van der Waals surface area (Å²) in [5.74, 6) is 0. The molecule has 2 aromatic carbocycles. The van der Waals surface area contributed by atoms with Gasteiger partial charge in [-0.2, -0.15) is 0 Å². The molecule has 0 saturated carbocycles. The highest BCUT2D eigenvalue weighted by Crippen LogP contribution is 2.20. The summed E-state index contributed by atoms with van der Waals surface area (Å²) in [6, 6.07) is 14.5. The van der Waals surface area contributed by atoms with Gasteiger partial charge in [0.2, 0.25) is 0 Å². The number of halogens is 1. The molecule has 0 radical (unpaired) electrons. The summed E-state index contributed by atoms with van der Waals surface area (Å²) >= 11 is 6.02. The van der Waals surface area contributed by atoms with Crippen LogP contribution in [0.3, 0.4) is 0 Å². The molecule has 0 spiro atoms. The number of hydrogen-bond acceptors (Lipinski definition) is 3. The fourth-order valence-electron chi connectivity index (χ4n) is 2.16. The zero-order valence-electron chi connectivity index (χ0n) is 13.5. The lowest BCUT2D eigenvalue weighted by Gasteiger charge is -2.19. The molecule has 0 aliphatic carbocycles. The Kier molecular flexibility index (Phi) is 7.06. The Morgan fingerprint density at radius 1 is 1.21 bits per heavy atom. The summed E-state index contributed by atoms with van der Waals surface area (Å²) in [4.78, 5) is 12.0. The molecule has 0 unspecified atom stereocenters. The Morgan fingerprint density at radius 2 is 1.92 bits per heavy atom. The van der Waals surface area contributed by atoms with Crippen LogP contribution in [-0.2, 0) is 4.74 Å². The molecule has 128 valence electrons. The first-order valence-corrected chi connectivity index (χ1v) is 8.06. The first-order valence-electron chi connectivity index (χ1n) is 7.68. The molecule has 2 amide bonds. The van der Waals surface area contributed by atoms with E-state index < -0.39 is 0 Å². The molecule has 1 atom stereocenters. The molecule has 0 aliphatic rings. The maximum atomic E-state index is 12.0. The first-order chi connectivity index (χ1) is 11.6. The minimum absolute atomic E-state index is 0.0752. The lowest BCUT2D eigenvalue weighted by molar-refractivity contribution is 0.0297. The van der Waals surface area contributed by atoms with Crippen molar-refractivity contribution >= 4 is 23.3 Å². The van der Waals surface area contributed by atoms with E-state index in [9.17, 15) is 4.79 Å². The first kappa shape index (κ1) is 18.3. The van der Waals surface area contributed by atoms with Crippen LogP contribution in [0.4, 0.5) is 10.5 Å². The van der Waals surface area contributed by atoms with Crippen molar-refractivity contribution in [3.8, 4) is 0 Å². The lowest BCUT2D eigenvalue weighted by Crippen LogP contribution is -2.33. The molecule has 2 rings (SSSR count). The number of aryl methyl sites for hydroxylation is 1. The molecule has 0 aromatic heterocycles. The van der Waals surface area contributed by atoms with Crippen LogP contribution in [-0.4, -0.2) is 30.9 Å². The van der Waals surface area contributed by atoms with Crippen LogP contribution in [0.25, 0.3) is 0 Å². The zero-order valence-corrected chi connectivity index (χ0v) is 14.2. The number of anilines is 1. The van der Waals surface area contributed by atoms with Crippen molar-refractivity contribution in [3.63, 3.8) is 0 Å². The van der Waals surface area contributed by atoms with Gasteiger partial charge in [-0.3, -0.25) is 0 Å². The largest absolute Gasteiger partial charge is 0.394 e. The van der Waals surface area contributed by atoms with E-state index in [-0.39, 0.29) is 31.9 Å². The molecule has 0 aliphatic heterocycles. The van der Waals surface area contributed by atoms with E-state index in [0.717, 1.165) is 11.1 Å². The molecule has 6 heteroatoms. The number of urea groups is 1. The molecule has 3 N–H and O–H groups in total. The van der Waals surface area contributed by atoms with Gasteiger partial charge >= 0.3 is 6.03 Å². The number of hydrogen-bond donors (Lipinski definition) is 3. The summed E-state index contributed by atoms with van der Waals surface area (Å²) in [6.07, 6.45) is -0.338. The third-order valence-corrected chi connectivity index (χ3v) is 3.76. The summed E-state index contributed by atoms with van der Waals surface area (Å²) in [5.41, 5.74) is 2.62. The topological polar surface area (TPSA) is 70.6 Å². The number of aliphatic hydroxyl groups is 1. The van der Waals surface area contributed by atoms with E-state index in [1.807, 2.05) is 31.2 Å². The molecule has 0 bridgehead atoms. The number of carbonyl (C=O) groups excluding carboxylic acids is 1. The van der Waals surface area contributed by atoms with Gasteiger partial charge in [-0.05, 0) is 24.6 Å². The smallest absolute Gasteiger partial charge is 0.319 e. The molecule has 2 aromatic rings. The van der Waals surface area contributed by atoms with Crippen molar-refractivity contribution in [2.75, 3.05) is 25.1 Å². The minimum Gasteiger partial charge on any atom is -0.394 e. The monoisotopic (exact) mass is 348 g/mol. The average molecular weight is 349 g/mol. The van der Waals surface area contributed by atoms with Crippen LogP contribution in [0.1, 0.15) is 17.2 Å². The molecule has 24 heavy (non-hydrogen) atoms. The van der Waals surface area contributed by atoms with E-state index >= 15 is 0 Å². The number of amides is 2. The van der Waals surface area contributed by atoms with E-state index in [2.05, 4.69) is 10.6 Å². The van der Waals surface area contributed by atoms with E-state index in [1.165, 1.54) is 0 Å². The second-order valence-corrected chi connectivity index (χ2v) is 5.72. The summed E-state index contributed by atoms with van der Waals surface area (Å²) < 4.78 is 5.62. The van der Waals surface area contributed by atoms with E-state index in [4.69, 9.17) is 21.4 Å². The number of benzene rings is 2. The summed E-state index contributed by atoms with van der Waals surface area (Å²) in [5, 5.41) is 14.9. The number of aliphatic hydroxyl groups excluding tert-OH is 1. The number of rotatable bonds is 7. The van der Waals surface area contributed by atoms with Crippen LogP contribution in [0.2, 0.25) is 5.02 Å². The van der Waals surface area contributed by atoms with Gasteiger partial charge in [-0.25, -0.2) is 4.79 Å². The van der Waals surface area contributed by atoms with Gasteiger partial charge < -0.3 is 20.5 Å². The Morgan fingerprint density at radius 3 is 2.58 bits per heavy atom. The highest BCUT2D eigenvalue weighted by molar-refractivity contribution is 6.33. The van der Waals surface area contributed by atoms with Crippen LogP contribution < -0.4 is 10.6 Å². The van der Waals surface area contributed by atoms with Gasteiger partial charge in [0.05, 0.1) is 30.0 Å². The highest BCUT2D eigenvalue weighted by atomic mass is 35.5. The van der Waals surface area contributed by atoms with Crippen molar-refractivity contribution in [1.29, 1.82) is 0 Å². The number of ether oxygens (including phenoxy) is 1. The molecule has 0 saturated heterocycles. The zero-order chi connectivity index (χ0) is 17.4. The number of para-hydroxylation sites is 1. The fraction of sp³-hybridized carbons (Fsp3) is 0.278. The second-order valence-electron chi connectivity index (χ2n) is 5.31. The van der Waals surface area contributed by atoms with Crippen LogP contribution in [0.15, 0.2) is 48.5 Å². The van der Waals surface area contributed by atoms with E-state index in [0.29, 0.717) is 10.7 Å². The standard InChI is InChI=1S/C18H21ClN2O3/c1-13-6-8-14(9-7-13)17(24-11-10-22)12-20-18(23)21-16-5-3-2-4-15(16)19/h2-9,17,22H,10-12H2,1H3,(H2,20,21,23)/t17-/m0/s1. The number of carbonyl (C=O) groups is 1. The van der Waals surface area contributed by atoms with Gasteiger partial charge in [0.15, 0.2) is 0 Å². The average Bonchev–Trinajstić information content (AvgIpc) is 2.58. The quantitative estimate of drug-likeness (QED) is 0.717. The molecule has 5 nitrogen and oxygen atoms in total. The normalized spacial score (nSPS) is 11.8. The Bertz CT molecular complexity index is 662. The van der Waals surface area contributed by atoms with Crippen molar-refractivity contribution in [1.82, 2.24) is 5.32 Å². The van der Waals surface area contributed by atoms with Crippen molar-refractivity contribution in [2.24, 2.45) is 0 Å². The van der Waals surface area contributed by atoms with Gasteiger partial charge in [-0.1, -0.05) is 53.6 Å². The van der Waals surface area contributed by atoms with Gasteiger partial charge in [-0.15, -0.1) is 0 Å². The van der Waals surface area contributed by atoms with Crippen LogP contribution in [0, 0.1) is 6.92 Å². The molecular formula is C18H21ClN2O3. The summed E-state index contributed by atoms with van der Waals surface area (Å²) in [7, 11) is 0.